The number of pyridine rings is 1. The maximum atomic E-state index is 13.0. The molecule has 4 rings (SSSR count). The van der Waals surface area contributed by atoms with E-state index in [-0.39, 0.29) is 16.1 Å². The number of nitrogens with zero attached hydrogens (tertiary/aromatic N) is 5. The average molecular weight is 495 g/mol. The van der Waals surface area contributed by atoms with Crippen LogP contribution in [0.25, 0.3) is 17.0 Å². The number of fused-ring (bicyclic) bond motifs is 1. The topological polar surface area (TPSA) is 74.0 Å². The first kappa shape index (κ1) is 23.4. The Hall–Kier alpha value is -2.72. The first-order valence-electron chi connectivity index (χ1n) is 10.1. The summed E-state index contributed by atoms with van der Waals surface area (Å²) in [6, 6.07) is 8.93. The van der Waals surface area contributed by atoms with Crippen molar-refractivity contribution >= 4 is 29.0 Å². The van der Waals surface area contributed by atoms with Gasteiger partial charge in [0.2, 0.25) is 0 Å². The Morgan fingerprint density at radius 2 is 1.70 bits per heavy atom. The molecule has 0 aliphatic heterocycles. The fourth-order valence-electron chi connectivity index (χ4n) is 3.32. The maximum absolute atomic E-state index is 13.0. The van der Waals surface area contributed by atoms with E-state index in [0.29, 0.717) is 28.8 Å². The highest BCUT2D eigenvalue weighted by molar-refractivity contribution is 7.97. The molecular formula is C22H22ClF3N6S. The molecule has 174 valence electrons. The summed E-state index contributed by atoms with van der Waals surface area (Å²) in [5, 5.41) is 8.35. The highest BCUT2D eigenvalue weighted by Gasteiger charge is 2.32. The zero-order valence-electron chi connectivity index (χ0n) is 18.2. The Kier molecular flexibility index (Phi) is 6.09. The Labute approximate surface area is 197 Å². The van der Waals surface area contributed by atoms with E-state index in [2.05, 4.69) is 48.1 Å². The first-order chi connectivity index (χ1) is 15.4. The minimum atomic E-state index is -4.48. The van der Waals surface area contributed by atoms with Gasteiger partial charge in [-0.15, -0.1) is 22.0 Å². The normalized spacial score (nSPS) is 12.6. The van der Waals surface area contributed by atoms with Crippen molar-refractivity contribution in [3.8, 4) is 11.4 Å². The first-order valence-corrected chi connectivity index (χ1v) is 11.6. The number of aromatic nitrogens is 5. The van der Waals surface area contributed by atoms with Crippen LogP contribution in [-0.4, -0.2) is 24.3 Å². The monoisotopic (exact) mass is 494 g/mol. The molecular weight excluding hydrogens is 473 g/mol. The van der Waals surface area contributed by atoms with E-state index in [1.807, 2.05) is 12.1 Å². The lowest BCUT2D eigenvalue weighted by molar-refractivity contribution is -0.137. The predicted molar refractivity (Wildman–Crippen MR) is 125 cm³/mol. The number of nitrogens with two attached hydrogens (primary N) is 1. The molecule has 2 N–H and O–H groups in total. The summed E-state index contributed by atoms with van der Waals surface area (Å²) in [6.07, 6.45) is -1.96. The highest BCUT2D eigenvalue weighted by atomic mass is 35.5. The number of benzene rings is 1. The molecule has 1 aromatic carbocycles. The second-order valence-electron chi connectivity index (χ2n) is 8.67. The van der Waals surface area contributed by atoms with Crippen LogP contribution in [0.5, 0.6) is 0 Å². The molecule has 0 amide bonds. The van der Waals surface area contributed by atoms with E-state index in [4.69, 9.17) is 17.4 Å². The molecule has 0 radical (unpaired) electrons. The fraction of sp³-hybridized carbons (Fsp3) is 0.318. The second-order valence-corrected chi connectivity index (χ2v) is 10.1. The molecule has 0 atom stereocenters. The summed E-state index contributed by atoms with van der Waals surface area (Å²) >= 11 is 7.47. The number of imidazole rings is 1. The standard InChI is InChI=1S/C22H22ClF3N6S/c1-21(2,3)14-6-4-13(5-7-14)19-30-29-18(32(19)27)12-33-11-16-10-31-9-15(22(24,25)26)8-17(23)20(31)28-16/h4-10H,11-12,27H2,1-3H3. The van der Waals surface area contributed by atoms with Gasteiger partial charge in [-0.25, -0.2) is 9.66 Å². The van der Waals surface area contributed by atoms with Crippen molar-refractivity contribution in [3.05, 3.63) is 70.4 Å². The van der Waals surface area contributed by atoms with Gasteiger partial charge in [-0.1, -0.05) is 56.6 Å². The Morgan fingerprint density at radius 3 is 2.33 bits per heavy atom. The minimum Gasteiger partial charge on any atom is -0.336 e. The minimum absolute atomic E-state index is 0.0488. The molecule has 3 aromatic heterocycles. The van der Waals surface area contributed by atoms with Crippen molar-refractivity contribution in [1.29, 1.82) is 0 Å². The Balaban J connectivity index is 1.45. The van der Waals surface area contributed by atoms with E-state index < -0.39 is 11.7 Å². The van der Waals surface area contributed by atoms with Crippen LogP contribution < -0.4 is 5.84 Å². The Bertz CT molecular complexity index is 1290. The predicted octanol–water partition coefficient (Wildman–Crippen LogP) is 5.71. The summed E-state index contributed by atoms with van der Waals surface area (Å²) in [5.41, 5.74) is 2.18. The summed E-state index contributed by atoms with van der Waals surface area (Å²) in [6.45, 7) is 6.44. The van der Waals surface area contributed by atoms with Crippen molar-refractivity contribution < 1.29 is 13.2 Å². The van der Waals surface area contributed by atoms with Gasteiger partial charge in [-0.3, -0.25) is 0 Å². The Morgan fingerprint density at radius 1 is 1.00 bits per heavy atom. The molecule has 0 saturated heterocycles. The number of hydrogen-bond acceptors (Lipinski definition) is 5. The fourth-order valence-corrected chi connectivity index (χ4v) is 4.40. The maximum Gasteiger partial charge on any atom is 0.417 e. The summed E-state index contributed by atoms with van der Waals surface area (Å²) in [4.78, 5) is 4.34. The average Bonchev–Trinajstić information content (AvgIpc) is 3.31. The van der Waals surface area contributed by atoms with Gasteiger partial charge in [-0.2, -0.15) is 13.2 Å². The molecule has 33 heavy (non-hydrogen) atoms. The van der Waals surface area contributed by atoms with Crippen LogP contribution in [0.1, 0.15) is 43.4 Å². The third-order valence-electron chi connectivity index (χ3n) is 5.14. The van der Waals surface area contributed by atoms with Crippen LogP contribution >= 0.6 is 23.4 Å². The number of halogens is 4. The lowest BCUT2D eigenvalue weighted by Crippen LogP contribution is -2.14. The third kappa shape index (κ3) is 4.96. The molecule has 0 bridgehead atoms. The van der Waals surface area contributed by atoms with Gasteiger partial charge < -0.3 is 10.2 Å². The molecule has 11 heteroatoms. The van der Waals surface area contributed by atoms with E-state index in [0.717, 1.165) is 17.8 Å². The molecule has 0 fully saturated rings. The van der Waals surface area contributed by atoms with Gasteiger partial charge in [0.25, 0.3) is 0 Å². The number of thioether (sulfide) groups is 1. The lowest BCUT2D eigenvalue weighted by Gasteiger charge is -2.19. The zero-order chi connectivity index (χ0) is 24.0. The van der Waals surface area contributed by atoms with Crippen LogP contribution in [0.15, 0.2) is 42.7 Å². The molecule has 6 nitrogen and oxygen atoms in total. The van der Waals surface area contributed by atoms with Gasteiger partial charge in [0, 0.05) is 23.7 Å². The van der Waals surface area contributed by atoms with Crippen molar-refractivity contribution in [2.75, 3.05) is 5.84 Å². The molecule has 4 aromatic rings. The number of nitrogen functional groups attached to an aromatic ring is 1. The third-order valence-corrected chi connectivity index (χ3v) is 6.38. The van der Waals surface area contributed by atoms with Crippen molar-refractivity contribution in [2.24, 2.45) is 0 Å². The molecule has 0 aliphatic rings. The SMILES string of the molecule is CC(C)(C)c1ccc(-c2nnc(CSCc3cn4cc(C(F)(F)F)cc(Cl)c4n3)n2N)cc1. The molecule has 0 aliphatic carbocycles. The largest absolute Gasteiger partial charge is 0.417 e. The van der Waals surface area contributed by atoms with E-state index in [1.54, 1.807) is 6.20 Å². The molecule has 0 spiro atoms. The van der Waals surface area contributed by atoms with Crippen LogP contribution in [0.3, 0.4) is 0 Å². The van der Waals surface area contributed by atoms with Crippen molar-refractivity contribution in [1.82, 2.24) is 24.3 Å². The highest BCUT2D eigenvalue weighted by Crippen LogP contribution is 2.32. The smallest absolute Gasteiger partial charge is 0.336 e. The summed E-state index contributed by atoms with van der Waals surface area (Å²) < 4.78 is 41.8. The van der Waals surface area contributed by atoms with Crippen LogP contribution in [-0.2, 0) is 23.1 Å². The van der Waals surface area contributed by atoms with Crippen LogP contribution in [0.4, 0.5) is 13.2 Å². The number of hydrogen-bond donors (Lipinski definition) is 1. The van der Waals surface area contributed by atoms with Gasteiger partial charge in [0.1, 0.15) is 0 Å². The summed E-state index contributed by atoms with van der Waals surface area (Å²) in [5.74, 6) is 8.26. The lowest BCUT2D eigenvalue weighted by atomic mass is 9.87. The molecule has 3 heterocycles. The summed E-state index contributed by atoms with van der Waals surface area (Å²) in [7, 11) is 0. The van der Waals surface area contributed by atoms with Gasteiger partial charge in [0.15, 0.2) is 17.3 Å². The van der Waals surface area contributed by atoms with E-state index in [1.165, 1.54) is 26.4 Å². The van der Waals surface area contributed by atoms with Crippen molar-refractivity contribution in [2.45, 2.75) is 43.9 Å². The van der Waals surface area contributed by atoms with E-state index >= 15 is 0 Å². The second kappa shape index (κ2) is 8.57. The molecule has 0 unspecified atom stereocenters. The van der Waals surface area contributed by atoms with Gasteiger partial charge >= 0.3 is 6.18 Å². The molecule has 0 saturated carbocycles. The van der Waals surface area contributed by atoms with E-state index in [9.17, 15) is 13.2 Å². The van der Waals surface area contributed by atoms with Crippen LogP contribution in [0, 0.1) is 0 Å². The quantitative estimate of drug-likeness (QED) is 0.360. The van der Waals surface area contributed by atoms with Crippen LogP contribution in [0.2, 0.25) is 5.02 Å². The number of alkyl halides is 3. The zero-order valence-corrected chi connectivity index (χ0v) is 19.8. The van der Waals surface area contributed by atoms with Crippen molar-refractivity contribution in [3.63, 3.8) is 0 Å². The number of rotatable bonds is 5. The van der Waals surface area contributed by atoms with Gasteiger partial charge in [-0.05, 0) is 17.0 Å². The van der Waals surface area contributed by atoms with Gasteiger partial charge in [0.05, 0.1) is 22.0 Å².